The van der Waals surface area contributed by atoms with E-state index >= 15 is 0 Å². The lowest BCUT2D eigenvalue weighted by Crippen LogP contribution is -1.72. The molecule has 1 aromatic carbocycles. The van der Waals surface area contributed by atoms with E-state index in [1.807, 2.05) is 24.3 Å². The number of hydrogen-bond acceptors (Lipinski definition) is 3. The molecule has 2 heterocycles. The zero-order valence-corrected chi connectivity index (χ0v) is 8.01. The van der Waals surface area contributed by atoms with Crippen molar-refractivity contribution in [1.29, 1.82) is 0 Å². The lowest BCUT2D eigenvalue weighted by molar-refractivity contribution is 0.583. The summed E-state index contributed by atoms with van der Waals surface area (Å²) in [6.45, 7) is 0. The summed E-state index contributed by atoms with van der Waals surface area (Å²) in [7, 11) is 0. The molecule has 0 aliphatic rings. The second-order valence-electron chi connectivity index (χ2n) is 3.10. The van der Waals surface area contributed by atoms with Gasteiger partial charge in [-0.3, -0.25) is 0 Å². The molecule has 0 fully saturated rings. The molecule has 0 saturated carbocycles. The van der Waals surface area contributed by atoms with E-state index in [1.54, 1.807) is 12.3 Å². The van der Waals surface area contributed by atoms with Crippen molar-refractivity contribution in [1.82, 2.24) is 0 Å². The van der Waals surface area contributed by atoms with E-state index in [9.17, 15) is 0 Å². The third-order valence-corrected chi connectivity index (χ3v) is 2.41. The molecule has 68 valence electrons. The minimum atomic E-state index is 0.489. The van der Waals surface area contributed by atoms with Crippen LogP contribution in [0, 0.1) is 4.71 Å². The molecular weight excluding hydrogens is 196 g/mol. The lowest BCUT2D eigenvalue weighted by Gasteiger charge is -1.95. The van der Waals surface area contributed by atoms with Crippen molar-refractivity contribution in [3.63, 3.8) is 0 Å². The fourth-order valence-corrected chi connectivity index (χ4v) is 1.69. The molecule has 0 N–H and O–H groups in total. The maximum atomic E-state index is 5.39. The predicted molar refractivity (Wildman–Crippen MR) is 56.8 cm³/mol. The van der Waals surface area contributed by atoms with Gasteiger partial charge in [0.05, 0.1) is 6.26 Å². The summed E-state index contributed by atoms with van der Waals surface area (Å²) < 4.78 is 11.2. The smallest absolute Gasteiger partial charge is 0.190 e. The highest BCUT2D eigenvalue weighted by Crippen LogP contribution is 2.23. The van der Waals surface area contributed by atoms with Crippen LogP contribution in [0.15, 0.2) is 45.4 Å². The molecule has 2 aromatic heterocycles. The summed E-state index contributed by atoms with van der Waals surface area (Å²) in [6, 6.07) is 9.54. The largest absolute Gasteiger partial charge is 0.464 e. The van der Waals surface area contributed by atoms with Gasteiger partial charge in [0.2, 0.25) is 0 Å². The standard InChI is InChI=1S/C11H6O2S/c14-11-2-1-7-5-8-3-4-12-9(8)6-10(7)13-11/h1-6H. The Hall–Kier alpha value is -1.61. The van der Waals surface area contributed by atoms with Gasteiger partial charge in [-0.1, -0.05) is 0 Å². The summed E-state index contributed by atoms with van der Waals surface area (Å²) in [5.41, 5.74) is 1.59. The molecule has 3 heteroatoms. The van der Waals surface area contributed by atoms with Gasteiger partial charge in [-0.05, 0) is 36.5 Å². The van der Waals surface area contributed by atoms with Crippen LogP contribution in [-0.4, -0.2) is 0 Å². The quantitative estimate of drug-likeness (QED) is 0.517. The van der Waals surface area contributed by atoms with Crippen molar-refractivity contribution >= 4 is 34.2 Å². The summed E-state index contributed by atoms with van der Waals surface area (Å²) in [5.74, 6) is 0. The highest BCUT2D eigenvalue weighted by atomic mass is 32.1. The van der Waals surface area contributed by atoms with E-state index < -0.39 is 0 Å². The molecule has 2 nitrogen and oxygen atoms in total. The van der Waals surface area contributed by atoms with Gasteiger partial charge in [0.25, 0.3) is 0 Å². The van der Waals surface area contributed by atoms with Gasteiger partial charge in [-0.2, -0.15) is 0 Å². The molecule has 0 unspecified atom stereocenters. The van der Waals surface area contributed by atoms with E-state index in [0.29, 0.717) is 4.71 Å². The fourth-order valence-electron chi connectivity index (χ4n) is 1.53. The Morgan fingerprint density at radius 3 is 2.71 bits per heavy atom. The minimum Gasteiger partial charge on any atom is -0.464 e. The first kappa shape index (κ1) is 7.76. The van der Waals surface area contributed by atoms with Crippen LogP contribution in [0.4, 0.5) is 0 Å². The normalized spacial score (nSPS) is 11.1. The van der Waals surface area contributed by atoms with Crippen molar-refractivity contribution in [3.05, 3.63) is 41.3 Å². The van der Waals surface area contributed by atoms with Crippen LogP contribution in [-0.2, 0) is 0 Å². The van der Waals surface area contributed by atoms with Gasteiger partial charge in [-0.25, -0.2) is 0 Å². The van der Waals surface area contributed by atoms with Crippen molar-refractivity contribution in [2.24, 2.45) is 0 Å². The summed E-state index contributed by atoms with van der Waals surface area (Å²) >= 11 is 4.94. The molecule has 0 bridgehead atoms. The van der Waals surface area contributed by atoms with Crippen molar-refractivity contribution in [2.45, 2.75) is 0 Å². The van der Waals surface area contributed by atoms with Gasteiger partial charge in [0.15, 0.2) is 4.71 Å². The Morgan fingerprint density at radius 2 is 1.79 bits per heavy atom. The van der Waals surface area contributed by atoms with Crippen molar-refractivity contribution < 1.29 is 8.83 Å². The van der Waals surface area contributed by atoms with Crippen LogP contribution in [0.1, 0.15) is 0 Å². The molecule has 0 amide bonds. The Labute approximate surface area is 84.8 Å². The number of fused-ring (bicyclic) bond motifs is 2. The van der Waals surface area contributed by atoms with Gasteiger partial charge < -0.3 is 8.83 Å². The summed E-state index contributed by atoms with van der Waals surface area (Å²) in [6.07, 6.45) is 1.66. The van der Waals surface area contributed by atoms with Crippen LogP contribution >= 0.6 is 12.2 Å². The number of hydrogen-bond donors (Lipinski definition) is 0. The van der Waals surface area contributed by atoms with E-state index in [4.69, 9.17) is 21.1 Å². The Morgan fingerprint density at radius 1 is 0.929 bits per heavy atom. The van der Waals surface area contributed by atoms with Crippen LogP contribution in [0.5, 0.6) is 0 Å². The van der Waals surface area contributed by atoms with Crippen LogP contribution < -0.4 is 0 Å². The molecule has 0 aliphatic carbocycles. The first-order chi connectivity index (χ1) is 6.83. The molecule has 14 heavy (non-hydrogen) atoms. The fraction of sp³-hybridized carbons (Fsp3) is 0. The minimum absolute atomic E-state index is 0.489. The molecule has 0 radical (unpaired) electrons. The number of benzene rings is 1. The zero-order chi connectivity index (χ0) is 9.54. The van der Waals surface area contributed by atoms with Gasteiger partial charge >= 0.3 is 0 Å². The van der Waals surface area contributed by atoms with E-state index in [0.717, 1.165) is 21.9 Å². The second kappa shape index (κ2) is 2.69. The topological polar surface area (TPSA) is 26.3 Å². The Bertz CT molecular complexity index is 663. The first-order valence-corrected chi connectivity index (χ1v) is 4.65. The summed E-state index contributed by atoms with van der Waals surface area (Å²) in [4.78, 5) is 0. The van der Waals surface area contributed by atoms with Gasteiger partial charge in [0.1, 0.15) is 11.2 Å². The third-order valence-electron chi connectivity index (χ3n) is 2.19. The zero-order valence-electron chi connectivity index (χ0n) is 7.19. The molecule has 0 saturated heterocycles. The highest BCUT2D eigenvalue weighted by molar-refractivity contribution is 7.71. The van der Waals surface area contributed by atoms with E-state index in [-0.39, 0.29) is 0 Å². The second-order valence-corrected chi connectivity index (χ2v) is 3.51. The van der Waals surface area contributed by atoms with Crippen LogP contribution in [0.2, 0.25) is 0 Å². The van der Waals surface area contributed by atoms with E-state index in [1.165, 1.54) is 0 Å². The van der Waals surface area contributed by atoms with Crippen molar-refractivity contribution in [3.8, 4) is 0 Å². The molecule has 0 atom stereocenters. The lowest BCUT2D eigenvalue weighted by atomic mass is 10.2. The summed E-state index contributed by atoms with van der Waals surface area (Å²) in [5, 5.41) is 2.11. The predicted octanol–water partition coefficient (Wildman–Crippen LogP) is 3.91. The van der Waals surface area contributed by atoms with Gasteiger partial charge in [0, 0.05) is 16.8 Å². The van der Waals surface area contributed by atoms with Crippen LogP contribution in [0.25, 0.3) is 21.9 Å². The van der Waals surface area contributed by atoms with Crippen LogP contribution in [0.3, 0.4) is 0 Å². The first-order valence-electron chi connectivity index (χ1n) is 4.24. The molecule has 3 aromatic rings. The maximum Gasteiger partial charge on any atom is 0.190 e. The molecule has 3 rings (SSSR count). The van der Waals surface area contributed by atoms with E-state index in [2.05, 4.69) is 0 Å². The molecular formula is C11H6O2S. The average Bonchev–Trinajstić information content (AvgIpc) is 2.61. The van der Waals surface area contributed by atoms with Gasteiger partial charge in [-0.15, -0.1) is 0 Å². The maximum absolute atomic E-state index is 5.39. The highest BCUT2D eigenvalue weighted by Gasteiger charge is 2.01. The SMILES string of the molecule is S=c1ccc2cc3ccoc3cc2o1. The Kier molecular flexibility index (Phi) is 1.49. The monoisotopic (exact) mass is 202 g/mol. The number of furan rings is 1. The molecule has 0 aliphatic heterocycles. The third kappa shape index (κ3) is 1.06. The number of rotatable bonds is 0. The average molecular weight is 202 g/mol. The Balaban J connectivity index is 2.56. The molecule has 0 spiro atoms. The van der Waals surface area contributed by atoms with Crippen molar-refractivity contribution in [2.75, 3.05) is 0 Å².